The minimum Gasteiger partial charge on any atom is -0.207 e. The molecule has 0 radical (unpaired) electrons. The molecule has 1 aromatic heterocycles. The molecule has 122 valence electrons. The Labute approximate surface area is 152 Å². The second-order valence-corrected chi connectivity index (χ2v) is 6.44. The van der Waals surface area contributed by atoms with E-state index in [4.69, 9.17) is 4.42 Å². The summed E-state index contributed by atoms with van der Waals surface area (Å²) in [4.78, 5) is 0. The van der Waals surface area contributed by atoms with Crippen LogP contribution in [0.25, 0.3) is 44.2 Å². The Morgan fingerprint density at radius 1 is 0.423 bits per heavy atom. The van der Waals surface area contributed by atoms with Crippen LogP contribution in [0.2, 0.25) is 0 Å². The summed E-state index contributed by atoms with van der Waals surface area (Å²) in [5, 5.41) is 3.60. The second kappa shape index (κ2) is 6.12. The molecule has 0 amide bonds. The molecule has 5 aromatic rings. The van der Waals surface area contributed by atoms with Crippen LogP contribution in [-0.2, 0) is 0 Å². The molecule has 0 aliphatic heterocycles. The topological polar surface area (TPSA) is 11.3 Å². The molecule has 0 saturated heterocycles. The Balaban J connectivity index is 1.57. The average Bonchev–Trinajstić information content (AvgIpc) is 2.74. The lowest BCUT2D eigenvalue weighted by Gasteiger charge is -2.02. The molecule has 0 saturated carbocycles. The smallest absolute Gasteiger partial charge is 0.207 e. The lowest BCUT2D eigenvalue weighted by atomic mass is 10.0. The number of benzene rings is 4. The fourth-order valence-corrected chi connectivity index (χ4v) is 3.46. The van der Waals surface area contributed by atoms with Gasteiger partial charge >= 0.3 is 11.3 Å². The van der Waals surface area contributed by atoms with Crippen molar-refractivity contribution in [2.45, 2.75) is 0 Å². The van der Waals surface area contributed by atoms with Crippen LogP contribution in [0.1, 0.15) is 0 Å². The molecule has 4 aromatic carbocycles. The van der Waals surface area contributed by atoms with Gasteiger partial charge in [-0.3, -0.25) is 0 Å². The molecule has 0 spiro atoms. The maximum absolute atomic E-state index is 6.20. The highest BCUT2D eigenvalue weighted by Gasteiger charge is 2.16. The summed E-state index contributed by atoms with van der Waals surface area (Å²) < 4.78 is 6.20. The quantitative estimate of drug-likeness (QED) is 0.245. The first-order valence-electron chi connectivity index (χ1n) is 8.79. The van der Waals surface area contributed by atoms with Gasteiger partial charge in [-0.2, -0.15) is 0 Å². The van der Waals surface area contributed by atoms with E-state index in [0.717, 1.165) is 22.3 Å². The van der Waals surface area contributed by atoms with Gasteiger partial charge in [0.25, 0.3) is 0 Å². The molecular formula is C25H17O+. The number of hydrogen-bond donors (Lipinski definition) is 0. The Hall–Kier alpha value is -3.45. The Bertz CT molecular complexity index is 1210. The third-order valence-corrected chi connectivity index (χ3v) is 4.83. The normalized spacial score (nSPS) is 11.1. The van der Waals surface area contributed by atoms with E-state index in [-0.39, 0.29) is 0 Å². The van der Waals surface area contributed by atoms with Crippen LogP contribution < -0.4 is 0 Å². The zero-order valence-corrected chi connectivity index (χ0v) is 14.2. The number of fused-ring (bicyclic) bond motifs is 3. The highest BCUT2D eigenvalue weighted by molar-refractivity contribution is 6.05. The van der Waals surface area contributed by atoms with Gasteiger partial charge in [0.1, 0.15) is 0 Å². The molecule has 5 rings (SSSR count). The van der Waals surface area contributed by atoms with E-state index in [1.54, 1.807) is 0 Å². The van der Waals surface area contributed by atoms with Crippen molar-refractivity contribution in [2.24, 2.45) is 0 Å². The fraction of sp³-hybridized carbons (Fsp3) is 0. The summed E-state index contributed by atoms with van der Waals surface area (Å²) in [5.41, 5.74) is 4.43. The van der Waals surface area contributed by atoms with Gasteiger partial charge in [-0.25, -0.2) is 4.42 Å². The lowest BCUT2D eigenvalue weighted by molar-refractivity contribution is 0.620. The number of hydrogen-bond acceptors (Lipinski definition) is 0. The van der Waals surface area contributed by atoms with E-state index in [1.807, 2.05) is 6.07 Å². The fourth-order valence-electron chi connectivity index (χ4n) is 3.46. The zero-order valence-electron chi connectivity index (χ0n) is 14.2. The van der Waals surface area contributed by atoms with Crippen LogP contribution in [0.15, 0.2) is 108 Å². The minimum atomic E-state index is 0.882. The standard InChI is InChI=1S/C25H17O/c1-2-6-18(7-3-1)19-10-12-21(13-11-19)24-17-15-23-22-9-5-4-8-20(22)14-16-25(23)26-24/h1-17H/q+1. The summed E-state index contributed by atoms with van der Waals surface area (Å²) in [6.45, 7) is 0. The van der Waals surface area contributed by atoms with Crippen LogP contribution >= 0.6 is 0 Å². The van der Waals surface area contributed by atoms with Crippen molar-refractivity contribution in [1.29, 1.82) is 0 Å². The SMILES string of the molecule is c1ccc(-c2ccc(-c3ccc4c(ccc5ccccc54)[o+]3)cc2)cc1. The highest BCUT2D eigenvalue weighted by Crippen LogP contribution is 2.30. The predicted molar refractivity (Wildman–Crippen MR) is 109 cm³/mol. The van der Waals surface area contributed by atoms with Gasteiger partial charge in [-0.1, -0.05) is 66.7 Å². The molecule has 26 heavy (non-hydrogen) atoms. The summed E-state index contributed by atoms with van der Waals surface area (Å²) in [6, 6.07) is 35.7. The van der Waals surface area contributed by atoms with Gasteiger partial charge in [0.05, 0.1) is 10.9 Å². The third-order valence-electron chi connectivity index (χ3n) is 4.83. The second-order valence-electron chi connectivity index (χ2n) is 6.44. The monoisotopic (exact) mass is 333 g/mol. The number of rotatable bonds is 2. The third kappa shape index (κ3) is 2.55. The first-order chi connectivity index (χ1) is 12.9. The molecule has 1 heteroatoms. The minimum absolute atomic E-state index is 0.882. The zero-order chi connectivity index (χ0) is 17.3. The maximum atomic E-state index is 6.20. The molecule has 1 heterocycles. The summed E-state index contributed by atoms with van der Waals surface area (Å²) >= 11 is 0. The van der Waals surface area contributed by atoms with Crippen molar-refractivity contribution >= 4 is 21.7 Å². The van der Waals surface area contributed by atoms with Crippen molar-refractivity contribution in [3.8, 4) is 22.5 Å². The van der Waals surface area contributed by atoms with Crippen molar-refractivity contribution < 1.29 is 4.42 Å². The van der Waals surface area contributed by atoms with E-state index in [1.165, 1.54) is 21.9 Å². The van der Waals surface area contributed by atoms with Gasteiger partial charge in [-0.05, 0) is 46.2 Å². The Kier molecular flexibility index (Phi) is 3.50. The first-order valence-corrected chi connectivity index (χ1v) is 8.79. The van der Waals surface area contributed by atoms with E-state index in [9.17, 15) is 0 Å². The van der Waals surface area contributed by atoms with Crippen molar-refractivity contribution in [2.75, 3.05) is 0 Å². The lowest BCUT2D eigenvalue weighted by Crippen LogP contribution is -1.82. The molecule has 0 aliphatic carbocycles. The summed E-state index contributed by atoms with van der Waals surface area (Å²) in [6.07, 6.45) is 0. The highest BCUT2D eigenvalue weighted by atomic mass is 16.3. The van der Waals surface area contributed by atoms with E-state index in [0.29, 0.717) is 0 Å². The Morgan fingerprint density at radius 3 is 1.96 bits per heavy atom. The van der Waals surface area contributed by atoms with Gasteiger partial charge in [0, 0.05) is 12.1 Å². The van der Waals surface area contributed by atoms with Gasteiger partial charge in [0.15, 0.2) is 0 Å². The predicted octanol–water partition coefficient (Wildman–Crippen LogP) is 7.20. The van der Waals surface area contributed by atoms with E-state index < -0.39 is 0 Å². The van der Waals surface area contributed by atoms with E-state index >= 15 is 0 Å². The van der Waals surface area contributed by atoms with Crippen LogP contribution in [-0.4, -0.2) is 0 Å². The molecule has 0 aliphatic rings. The molecular weight excluding hydrogens is 316 g/mol. The van der Waals surface area contributed by atoms with E-state index in [2.05, 4.69) is 97.1 Å². The molecule has 0 unspecified atom stereocenters. The van der Waals surface area contributed by atoms with Crippen LogP contribution in [0, 0.1) is 0 Å². The van der Waals surface area contributed by atoms with Crippen molar-refractivity contribution in [3.05, 3.63) is 103 Å². The molecule has 0 bridgehead atoms. The molecule has 0 fully saturated rings. The van der Waals surface area contributed by atoms with Crippen molar-refractivity contribution in [3.63, 3.8) is 0 Å². The molecule has 1 nitrogen and oxygen atoms in total. The van der Waals surface area contributed by atoms with Crippen LogP contribution in [0.3, 0.4) is 0 Å². The van der Waals surface area contributed by atoms with Gasteiger partial charge < -0.3 is 0 Å². The molecule has 0 N–H and O–H groups in total. The average molecular weight is 333 g/mol. The summed E-state index contributed by atoms with van der Waals surface area (Å²) in [7, 11) is 0. The van der Waals surface area contributed by atoms with Crippen molar-refractivity contribution in [1.82, 2.24) is 0 Å². The first kappa shape index (κ1) is 14.9. The largest absolute Gasteiger partial charge is 0.361 e. The van der Waals surface area contributed by atoms with Crippen LogP contribution in [0.5, 0.6) is 0 Å². The molecule has 0 atom stereocenters. The Morgan fingerprint density at radius 2 is 1.12 bits per heavy atom. The maximum Gasteiger partial charge on any atom is 0.361 e. The van der Waals surface area contributed by atoms with Gasteiger partial charge in [0.2, 0.25) is 0 Å². The summed E-state index contributed by atoms with van der Waals surface area (Å²) in [5.74, 6) is 0.882. The van der Waals surface area contributed by atoms with Crippen LogP contribution in [0.4, 0.5) is 0 Å². The van der Waals surface area contributed by atoms with Gasteiger partial charge in [-0.15, -0.1) is 0 Å².